The fourth-order valence-corrected chi connectivity index (χ4v) is 1.64. The summed E-state index contributed by atoms with van der Waals surface area (Å²) in [6.45, 7) is 1.35. The predicted octanol–water partition coefficient (Wildman–Crippen LogP) is 0.0624. The molecule has 0 aromatic carbocycles. The Labute approximate surface area is 81.8 Å². The molecule has 1 rings (SSSR count). The number of hydrogen-bond acceptors (Lipinski definition) is 3. The second-order valence-electron chi connectivity index (χ2n) is 2.78. The van der Waals surface area contributed by atoms with Crippen LogP contribution in [0.4, 0.5) is 4.39 Å². The van der Waals surface area contributed by atoms with Crippen molar-refractivity contribution >= 4 is 10.0 Å². The van der Waals surface area contributed by atoms with Crippen LogP contribution in [-0.4, -0.2) is 24.6 Å². The van der Waals surface area contributed by atoms with Crippen LogP contribution in [0, 0.1) is 0 Å². The van der Waals surface area contributed by atoms with Gasteiger partial charge in [0, 0.05) is 12.6 Å². The number of imidazole rings is 1. The number of nitrogens with zero attached hydrogens (tertiary/aromatic N) is 2. The number of nitrogens with two attached hydrogens (primary N) is 1. The first-order chi connectivity index (χ1) is 6.49. The second kappa shape index (κ2) is 4.05. The molecule has 0 unspecified atom stereocenters. The average Bonchev–Trinajstić information content (AvgIpc) is 2.47. The normalized spacial score (nSPS) is 11.9. The Balaban J connectivity index is 3.13. The fourth-order valence-electron chi connectivity index (χ4n) is 1.13. The highest BCUT2D eigenvalue weighted by Gasteiger charge is 2.14. The van der Waals surface area contributed by atoms with Crippen LogP contribution in [0.1, 0.15) is 12.7 Å². The maximum Gasteiger partial charge on any atom is 0.257 e. The van der Waals surface area contributed by atoms with Crippen LogP contribution in [0.15, 0.2) is 11.2 Å². The van der Waals surface area contributed by atoms with E-state index in [1.54, 1.807) is 0 Å². The molecule has 7 heteroatoms. The van der Waals surface area contributed by atoms with Gasteiger partial charge < -0.3 is 4.57 Å². The molecular weight excluding hydrogens is 209 g/mol. The van der Waals surface area contributed by atoms with Crippen molar-refractivity contribution in [1.29, 1.82) is 0 Å². The van der Waals surface area contributed by atoms with E-state index in [2.05, 4.69) is 4.98 Å². The zero-order valence-electron chi connectivity index (χ0n) is 7.77. The molecule has 0 amide bonds. The fraction of sp³-hybridized carbons (Fsp3) is 0.571. The molecule has 0 aliphatic carbocycles. The number of alkyl halides is 1. The van der Waals surface area contributed by atoms with Gasteiger partial charge in [-0.3, -0.25) is 0 Å². The SMILES string of the molecule is CCc1nc(S(N)(=O)=O)cn1CCF. The molecule has 0 aliphatic rings. The van der Waals surface area contributed by atoms with Crippen molar-refractivity contribution in [3.63, 3.8) is 0 Å². The lowest BCUT2D eigenvalue weighted by atomic mass is 10.4. The number of aromatic nitrogens is 2. The van der Waals surface area contributed by atoms with E-state index in [0.29, 0.717) is 12.2 Å². The summed E-state index contributed by atoms with van der Waals surface area (Å²) >= 11 is 0. The molecule has 0 fully saturated rings. The first-order valence-electron chi connectivity index (χ1n) is 4.14. The Morgan fingerprint density at radius 2 is 2.29 bits per heavy atom. The Kier molecular flexibility index (Phi) is 3.22. The topological polar surface area (TPSA) is 78.0 Å². The molecule has 14 heavy (non-hydrogen) atoms. The molecule has 0 radical (unpaired) electrons. The third-order valence-corrected chi connectivity index (χ3v) is 2.55. The van der Waals surface area contributed by atoms with Crippen LogP contribution >= 0.6 is 0 Å². The molecule has 0 atom stereocenters. The van der Waals surface area contributed by atoms with E-state index in [1.807, 2.05) is 6.92 Å². The highest BCUT2D eigenvalue weighted by atomic mass is 32.2. The summed E-state index contributed by atoms with van der Waals surface area (Å²) in [5, 5.41) is 4.69. The van der Waals surface area contributed by atoms with Crippen molar-refractivity contribution in [2.45, 2.75) is 24.9 Å². The van der Waals surface area contributed by atoms with Gasteiger partial charge in [-0.05, 0) is 0 Å². The summed E-state index contributed by atoms with van der Waals surface area (Å²) in [4.78, 5) is 3.80. The molecule has 2 N–H and O–H groups in total. The first kappa shape index (κ1) is 11.1. The molecule has 1 aromatic rings. The minimum atomic E-state index is -3.79. The lowest BCUT2D eigenvalue weighted by molar-refractivity contribution is 0.439. The van der Waals surface area contributed by atoms with Gasteiger partial charge in [0.15, 0.2) is 5.03 Å². The van der Waals surface area contributed by atoms with Crippen molar-refractivity contribution in [2.24, 2.45) is 5.14 Å². The van der Waals surface area contributed by atoms with Crippen LogP contribution in [0.25, 0.3) is 0 Å². The van der Waals surface area contributed by atoms with Crippen molar-refractivity contribution in [3.05, 3.63) is 12.0 Å². The van der Waals surface area contributed by atoms with E-state index < -0.39 is 16.7 Å². The average molecular weight is 221 g/mol. The molecule has 80 valence electrons. The third-order valence-electron chi connectivity index (χ3n) is 1.77. The summed E-state index contributed by atoms with van der Waals surface area (Å²) in [5.74, 6) is 0.520. The molecule has 0 saturated heterocycles. The quantitative estimate of drug-likeness (QED) is 0.781. The van der Waals surface area contributed by atoms with Gasteiger partial charge in [-0.15, -0.1) is 0 Å². The molecule has 1 aromatic heterocycles. The number of hydrogen-bond donors (Lipinski definition) is 1. The highest BCUT2D eigenvalue weighted by Crippen LogP contribution is 2.08. The van der Waals surface area contributed by atoms with Gasteiger partial charge in [0.2, 0.25) is 0 Å². The van der Waals surface area contributed by atoms with Crippen LogP contribution in [-0.2, 0) is 23.0 Å². The van der Waals surface area contributed by atoms with Crippen LogP contribution in [0.2, 0.25) is 0 Å². The number of halogens is 1. The molecule has 0 saturated carbocycles. The lowest BCUT2D eigenvalue weighted by Crippen LogP contribution is -2.12. The van der Waals surface area contributed by atoms with E-state index in [-0.39, 0.29) is 11.6 Å². The van der Waals surface area contributed by atoms with Gasteiger partial charge in [-0.25, -0.2) is 22.9 Å². The maximum absolute atomic E-state index is 12.1. The summed E-state index contributed by atoms with van der Waals surface area (Å²) in [6.07, 6.45) is 1.79. The lowest BCUT2D eigenvalue weighted by Gasteiger charge is -2.00. The van der Waals surface area contributed by atoms with Gasteiger partial charge in [0.05, 0.1) is 6.54 Å². The summed E-state index contributed by atoms with van der Waals surface area (Å²) in [5.41, 5.74) is 0. The monoisotopic (exact) mass is 221 g/mol. The molecule has 5 nitrogen and oxygen atoms in total. The molecule has 0 aliphatic heterocycles. The first-order valence-corrected chi connectivity index (χ1v) is 5.68. The van der Waals surface area contributed by atoms with Gasteiger partial charge in [0.1, 0.15) is 12.5 Å². The second-order valence-corrected chi connectivity index (χ2v) is 4.28. The smallest absolute Gasteiger partial charge is 0.257 e. The minimum absolute atomic E-state index is 0.103. The van der Waals surface area contributed by atoms with E-state index in [9.17, 15) is 12.8 Å². The maximum atomic E-state index is 12.1. The summed E-state index contributed by atoms with van der Waals surface area (Å²) in [6, 6.07) is 0. The zero-order chi connectivity index (χ0) is 10.8. The molecule has 1 heterocycles. The van der Waals surface area contributed by atoms with E-state index in [0.717, 1.165) is 0 Å². The van der Waals surface area contributed by atoms with Crippen molar-refractivity contribution < 1.29 is 12.8 Å². The number of primary sulfonamides is 1. The minimum Gasteiger partial charge on any atom is -0.331 e. The van der Waals surface area contributed by atoms with Crippen molar-refractivity contribution in [3.8, 4) is 0 Å². The summed E-state index contributed by atoms with van der Waals surface area (Å²) < 4.78 is 35.4. The van der Waals surface area contributed by atoms with Gasteiger partial charge in [-0.2, -0.15) is 0 Å². The number of rotatable bonds is 4. The van der Waals surface area contributed by atoms with E-state index in [1.165, 1.54) is 10.8 Å². The highest BCUT2D eigenvalue weighted by molar-refractivity contribution is 7.89. The zero-order valence-corrected chi connectivity index (χ0v) is 8.59. The number of aryl methyl sites for hydroxylation is 2. The summed E-state index contributed by atoms with van der Waals surface area (Å²) in [7, 11) is -3.79. The van der Waals surface area contributed by atoms with Crippen LogP contribution in [0.5, 0.6) is 0 Å². The van der Waals surface area contributed by atoms with Gasteiger partial charge in [-0.1, -0.05) is 6.92 Å². The third kappa shape index (κ3) is 2.30. The Morgan fingerprint density at radius 1 is 1.64 bits per heavy atom. The van der Waals surface area contributed by atoms with Gasteiger partial charge >= 0.3 is 0 Å². The number of sulfonamides is 1. The standard InChI is InChI=1S/C7H12FN3O2S/c1-2-6-10-7(14(9,12)13)5-11(6)4-3-8/h5H,2-4H2,1H3,(H2,9,12,13). The molecule has 0 spiro atoms. The Bertz CT molecular complexity index is 413. The molecular formula is C7H12FN3O2S. The van der Waals surface area contributed by atoms with Crippen LogP contribution < -0.4 is 5.14 Å². The van der Waals surface area contributed by atoms with Crippen molar-refractivity contribution in [2.75, 3.05) is 6.67 Å². The molecule has 0 bridgehead atoms. The van der Waals surface area contributed by atoms with Crippen LogP contribution in [0.3, 0.4) is 0 Å². The Hall–Kier alpha value is -0.950. The largest absolute Gasteiger partial charge is 0.331 e. The van der Waals surface area contributed by atoms with E-state index >= 15 is 0 Å². The van der Waals surface area contributed by atoms with Crippen molar-refractivity contribution in [1.82, 2.24) is 9.55 Å². The Morgan fingerprint density at radius 3 is 2.71 bits per heavy atom. The van der Waals surface area contributed by atoms with E-state index in [4.69, 9.17) is 5.14 Å². The van der Waals surface area contributed by atoms with Gasteiger partial charge in [0.25, 0.3) is 10.0 Å². The predicted molar refractivity (Wildman–Crippen MR) is 49.0 cm³/mol.